The Balaban J connectivity index is 1.97. The molecule has 1 aliphatic heterocycles. The lowest BCUT2D eigenvalue weighted by Gasteiger charge is -2.27. The Labute approximate surface area is 190 Å². The van der Waals surface area contributed by atoms with Crippen molar-refractivity contribution in [3.8, 4) is 5.75 Å². The smallest absolute Gasteiger partial charge is 0.300 e. The first-order chi connectivity index (χ1) is 15.3. The molecule has 4 rings (SSSR count). The molecular weight excluding hydrogens is 428 g/mol. The molecular formula is C25H21ClN2O4. The number of pyridine rings is 1. The van der Waals surface area contributed by atoms with Gasteiger partial charge in [-0.2, -0.15) is 0 Å². The molecule has 0 bridgehead atoms. The largest absolute Gasteiger partial charge is 0.507 e. The fourth-order valence-electron chi connectivity index (χ4n) is 3.88. The molecule has 1 saturated heterocycles. The van der Waals surface area contributed by atoms with Gasteiger partial charge in [-0.1, -0.05) is 23.7 Å². The molecule has 0 spiro atoms. The lowest BCUT2D eigenvalue weighted by molar-refractivity contribution is -0.132. The highest BCUT2D eigenvalue weighted by molar-refractivity contribution is 6.51. The highest BCUT2D eigenvalue weighted by Gasteiger charge is 2.47. The monoisotopic (exact) mass is 448 g/mol. The van der Waals surface area contributed by atoms with Crippen molar-refractivity contribution in [1.29, 1.82) is 0 Å². The number of hydrogen-bond acceptors (Lipinski definition) is 5. The third-order valence-corrected chi connectivity index (χ3v) is 5.83. The van der Waals surface area contributed by atoms with Crippen LogP contribution in [0.2, 0.25) is 5.02 Å². The minimum Gasteiger partial charge on any atom is -0.507 e. The van der Waals surface area contributed by atoms with E-state index in [2.05, 4.69) is 4.98 Å². The molecule has 0 radical (unpaired) electrons. The number of nitrogens with zero attached hydrogens (tertiary/aromatic N) is 2. The van der Waals surface area contributed by atoms with E-state index < -0.39 is 17.7 Å². The van der Waals surface area contributed by atoms with Gasteiger partial charge in [0.2, 0.25) is 0 Å². The summed E-state index contributed by atoms with van der Waals surface area (Å²) in [5.41, 5.74) is 3.37. The Morgan fingerprint density at radius 2 is 1.78 bits per heavy atom. The molecule has 0 aliphatic carbocycles. The number of aliphatic hydroxyl groups excluding tert-OH is 1. The summed E-state index contributed by atoms with van der Waals surface area (Å²) in [6.07, 6.45) is 3.17. The number of aryl methyl sites for hydroxylation is 2. The first-order valence-electron chi connectivity index (χ1n) is 9.95. The molecule has 2 aromatic carbocycles. The van der Waals surface area contributed by atoms with Crippen LogP contribution in [-0.2, 0) is 9.59 Å². The molecule has 2 heterocycles. The van der Waals surface area contributed by atoms with E-state index in [0.29, 0.717) is 27.6 Å². The summed E-state index contributed by atoms with van der Waals surface area (Å²) in [5.74, 6) is -1.42. The summed E-state index contributed by atoms with van der Waals surface area (Å²) in [4.78, 5) is 32.0. The maximum atomic E-state index is 13.2. The van der Waals surface area contributed by atoms with Gasteiger partial charge in [-0.3, -0.25) is 19.5 Å². The van der Waals surface area contributed by atoms with Crippen LogP contribution < -0.4 is 9.64 Å². The molecule has 32 heavy (non-hydrogen) atoms. The van der Waals surface area contributed by atoms with Crippen LogP contribution in [0.3, 0.4) is 0 Å². The van der Waals surface area contributed by atoms with Crippen LogP contribution in [0.25, 0.3) is 5.76 Å². The summed E-state index contributed by atoms with van der Waals surface area (Å²) >= 11 is 6.11. The van der Waals surface area contributed by atoms with Gasteiger partial charge in [0.1, 0.15) is 11.5 Å². The van der Waals surface area contributed by atoms with Gasteiger partial charge < -0.3 is 9.84 Å². The number of rotatable bonds is 4. The first-order valence-corrected chi connectivity index (χ1v) is 10.3. The van der Waals surface area contributed by atoms with Crippen molar-refractivity contribution in [2.45, 2.75) is 19.9 Å². The maximum absolute atomic E-state index is 13.2. The molecule has 6 nitrogen and oxygen atoms in total. The van der Waals surface area contributed by atoms with Crippen molar-refractivity contribution < 1.29 is 19.4 Å². The minimum atomic E-state index is -0.819. The topological polar surface area (TPSA) is 79.7 Å². The van der Waals surface area contributed by atoms with Crippen molar-refractivity contribution in [3.05, 3.63) is 93.8 Å². The van der Waals surface area contributed by atoms with Gasteiger partial charge in [-0.15, -0.1) is 0 Å². The highest BCUT2D eigenvalue weighted by atomic mass is 35.5. The summed E-state index contributed by atoms with van der Waals surface area (Å²) in [5, 5.41) is 11.6. The van der Waals surface area contributed by atoms with E-state index in [-0.39, 0.29) is 11.3 Å². The van der Waals surface area contributed by atoms with E-state index in [4.69, 9.17) is 16.3 Å². The second-order valence-electron chi connectivity index (χ2n) is 7.59. The number of aliphatic hydroxyl groups is 1. The van der Waals surface area contributed by atoms with Gasteiger partial charge in [0.05, 0.1) is 23.7 Å². The number of hydrogen-bond donors (Lipinski definition) is 1. The van der Waals surface area contributed by atoms with Crippen molar-refractivity contribution >= 4 is 34.7 Å². The molecule has 1 aromatic heterocycles. The van der Waals surface area contributed by atoms with Crippen LogP contribution in [-0.4, -0.2) is 28.9 Å². The van der Waals surface area contributed by atoms with Crippen molar-refractivity contribution in [1.82, 2.24) is 4.98 Å². The van der Waals surface area contributed by atoms with Crippen LogP contribution in [0, 0.1) is 13.8 Å². The molecule has 3 aromatic rings. The Bertz CT molecular complexity index is 1250. The number of methoxy groups -OCH3 is 1. The van der Waals surface area contributed by atoms with Crippen molar-refractivity contribution in [2.75, 3.05) is 12.0 Å². The highest BCUT2D eigenvalue weighted by Crippen LogP contribution is 2.43. The van der Waals surface area contributed by atoms with Crippen molar-refractivity contribution in [2.24, 2.45) is 0 Å². The van der Waals surface area contributed by atoms with Gasteiger partial charge in [0.15, 0.2) is 0 Å². The molecule has 1 N–H and O–H groups in total. The van der Waals surface area contributed by atoms with Gasteiger partial charge in [-0.05, 0) is 66.9 Å². The number of Topliss-reactive ketones (excluding diaryl/α,β-unsaturated/α-hetero) is 1. The normalized spacial score (nSPS) is 17.6. The Kier molecular flexibility index (Phi) is 5.72. The standard InChI is InChI=1S/C25H21ClN2O4/c1-14-4-5-15(2)19(12-14)28-22(16-8-10-27-11-9-16)21(24(30)25(28)31)23(29)17-6-7-18(26)20(13-17)32-3/h4-13,22,29H,1-3H3/b23-21-. The fraction of sp³-hybridized carbons (Fsp3) is 0.160. The number of aromatic nitrogens is 1. The summed E-state index contributed by atoms with van der Waals surface area (Å²) in [6.45, 7) is 3.79. The Morgan fingerprint density at radius 1 is 1.06 bits per heavy atom. The fourth-order valence-corrected chi connectivity index (χ4v) is 4.08. The minimum absolute atomic E-state index is 0.00789. The third-order valence-electron chi connectivity index (χ3n) is 5.51. The number of carbonyl (C=O) groups excluding carboxylic acids is 2. The van der Waals surface area contributed by atoms with Gasteiger partial charge in [0, 0.05) is 23.6 Å². The Morgan fingerprint density at radius 3 is 2.47 bits per heavy atom. The molecule has 1 fully saturated rings. The molecule has 0 saturated carbocycles. The number of amides is 1. The average molecular weight is 449 g/mol. The molecule has 1 atom stereocenters. The lowest BCUT2D eigenvalue weighted by Crippen LogP contribution is -2.30. The van der Waals surface area contributed by atoms with Crippen molar-refractivity contribution in [3.63, 3.8) is 0 Å². The summed E-state index contributed by atoms with van der Waals surface area (Å²) < 4.78 is 5.24. The van der Waals surface area contributed by atoms with Crippen LogP contribution in [0.1, 0.15) is 28.3 Å². The summed E-state index contributed by atoms with van der Waals surface area (Å²) in [7, 11) is 1.46. The number of ether oxygens (including phenoxy) is 1. The first kappa shape index (κ1) is 21.6. The summed E-state index contributed by atoms with van der Waals surface area (Å²) in [6, 6.07) is 13.0. The van der Waals surface area contributed by atoms with E-state index in [1.165, 1.54) is 18.1 Å². The quantitative estimate of drug-likeness (QED) is 0.345. The average Bonchev–Trinajstić information content (AvgIpc) is 3.06. The van der Waals surface area contributed by atoms with Crippen LogP contribution in [0.5, 0.6) is 5.75 Å². The van der Waals surface area contributed by atoms with E-state index in [9.17, 15) is 14.7 Å². The zero-order chi connectivity index (χ0) is 23.0. The number of benzene rings is 2. The number of carbonyl (C=O) groups is 2. The van der Waals surface area contributed by atoms with E-state index in [0.717, 1.165) is 11.1 Å². The zero-order valence-electron chi connectivity index (χ0n) is 17.8. The maximum Gasteiger partial charge on any atom is 0.300 e. The molecule has 162 valence electrons. The number of anilines is 1. The van der Waals surface area contributed by atoms with E-state index >= 15 is 0 Å². The van der Waals surface area contributed by atoms with Crippen LogP contribution in [0.15, 0.2) is 66.5 Å². The lowest BCUT2D eigenvalue weighted by atomic mass is 9.95. The Hall–Kier alpha value is -3.64. The van der Waals surface area contributed by atoms with Gasteiger partial charge >= 0.3 is 0 Å². The second kappa shape index (κ2) is 8.48. The third kappa shape index (κ3) is 3.63. The van der Waals surface area contributed by atoms with Gasteiger partial charge in [-0.25, -0.2) is 0 Å². The molecule has 1 unspecified atom stereocenters. The molecule has 7 heteroatoms. The predicted molar refractivity (Wildman–Crippen MR) is 123 cm³/mol. The van der Waals surface area contributed by atoms with E-state index in [1.807, 2.05) is 32.0 Å². The zero-order valence-corrected chi connectivity index (χ0v) is 18.6. The second-order valence-corrected chi connectivity index (χ2v) is 8.00. The number of halogens is 1. The molecule has 1 amide bonds. The van der Waals surface area contributed by atoms with Crippen LogP contribution >= 0.6 is 11.6 Å². The van der Waals surface area contributed by atoms with Crippen LogP contribution in [0.4, 0.5) is 5.69 Å². The number of ketones is 1. The van der Waals surface area contributed by atoms with E-state index in [1.54, 1.807) is 36.7 Å². The SMILES string of the molecule is COc1cc(/C(O)=C2/C(=O)C(=O)N(c3cc(C)ccc3C)C2c2ccncc2)ccc1Cl. The van der Waals surface area contributed by atoms with Gasteiger partial charge in [0.25, 0.3) is 11.7 Å². The molecule has 1 aliphatic rings. The predicted octanol–water partition coefficient (Wildman–Crippen LogP) is 4.99.